The molecule has 0 spiro atoms. The number of imide groups is 1. The van der Waals surface area contributed by atoms with Crippen molar-refractivity contribution in [2.24, 2.45) is 0 Å². The van der Waals surface area contributed by atoms with Crippen molar-refractivity contribution in [1.82, 2.24) is 4.90 Å². The molecule has 2 amide bonds. The number of hydrogen-bond acceptors (Lipinski definition) is 6. The third-order valence-corrected chi connectivity index (χ3v) is 5.56. The van der Waals surface area contributed by atoms with Crippen molar-refractivity contribution < 1.29 is 23.9 Å². The van der Waals surface area contributed by atoms with Gasteiger partial charge in [0.25, 0.3) is 11.1 Å². The predicted molar refractivity (Wildman–Crippen MR) is 112 cm³/mol. The lowest BCUT2D eigenvalue weighted by molar-refractivity contribution is -0.149. The van der Waals surface area contributed by atoms with Crippen molar-refractivity contribution in [3.8, 4) is 5.75 Å². The van der Waals surface area contributed by atoms with Crippen molar-refractivity contribution in [3.05, 3.63) is 29.7 Å². The van der Waals surface area contributed by atoms with Gasteiger partial charge in [0.15, 0.2) is 0 Å². The number of nitrogens with zero attached hydrogens (tertiary/aromatic N) is 1. The number of carbonyl (C=O) groups is 3. The van der Waals surface area contributed by atoms with Crippen molar-refractivity contribution in [3.63, 3.8) is 0 Å². The minimum Gasteiger partial charge on any atom is -0.495 e. The Morgan fingerprint density at radius 1 is 1.28 bits per heavy atom. The van der Waals surface area contributed by atoms with Crippen LogP contribution < -0.4 is 4.74 Å². The molecular formula is C16H15I2NO5S. The molecule has 1 aromatic carbocycles. The first-order chi connectivity index (χ1) is 11.7. The maximum absolute atomic E-state index is 12.4. The predicted octanol–water partition coefficient (Wildman–Crippen LogP) is 3.89. The van der Waals surface area contributed by atoms with E-state index in [-0.39, 0.29) is 17.6 Å². The van der Waals surface area contributed by atoms with Gasteiger partial charge in [-0.3, -0.25) is 19.3 Å². The van der Waals surface area contributed by atoms with Crippen LogP contribution in [-0.2, 0) is 14.3 Å². The Labute approximate surface area is 177 Å². The molecule has 0 aromatic heterocycles. The highest BCUT2D eigenvalue weighted by atomic mass is 127. The largest absolute Gasteiger partial charge is 0.495 e. The van der Waals surface area contributed by atoms with Crippen LogP contribution in [0.2, 0.25) is 0 Å². The van der Waals surface area contributed by atoms with Crippen LogP contribution in [0, 0.1) is 7.14 Å². The topological polar surface area (TPSA) is 72.9 Å². The number of benzene rings is 1. The first kappa shape index (κ1) is 20.5. The summed E-state index contributed by atoms with van der Waals surface area (Å²) in [5.74, 6) is -0.327. The normalized spacial score (nSPS) is 16.1. The van der Waals surface area contributed by atoms with E-state index in [4.69, 9.17) is 9.47 Å². The van der Waals surface area contributed by atoms with E-state index < -0.39 is 17.1 Å². The number of esters is 1. The minimum absolute atomic E-state index is 0.277. The molecule has 25 heavy (non-hydrogen) atoms. The molecule has 134 valence electrons. The third-order valence-electron chi connectivity index (χ3n) is 3.05. The second kappa shape index (κ2) is 8.71. The zero-order valence-electron chi connectivity index (χ0n) is 13.7. The third kappa shape index (κ3) is 5.09. The van der Waals surface area contributed by atoms with Crippen molar-refractivity contribution >= 4 is 80.1 Å². The molecule has 0 saturated carbocycles. The average Bonchev–Trinajstić information content (AvgIpc) is 2.74. The molecule has 0 aliphatic carbocycles. The van der Waals surface area contributed by atoms with E-state index in [0.29, 0.717) is 0 Å². The second-order valence-electron chi connectivity index (χ2n) is 5.32. The molecule has 0 radical (unpaired) electrons. The fraction of sp³-hybridized carbons (Fsp3) is 0.312. The average molecular weight is 587 g/mol. The van der Waals surface area contributed by atoms with E-state index in [2.05, 4.69) is 45.2 Å². The molecule has 2 rings (SSSR count). The summed E-state index contributed by atoms with van der Waals surface area (Å²) < 4.78 is 12.1. The molecule has 1 aliphatic rings. The molecule has 0 bridgehead atoms. The van der Waals surface area contributed by atoms with Crippen LogP contribution in [0.3, 0.4) is 0 Å². The van der Waals surface area contributed by atoms with E-state index in [0.717, 1.165) is 35.1 Å². The lowest BCUT2D eigenvalue weighted by Crippen LogP contribution is -2.35. The Morgan fingerprint density at radius 3 is 2.40 bits per heavy atom. The van der Waals surface area contributed by atoms with Crippen LogP contribution in [0.1, 0.15) is 19.4 Å². The van der Waals surface area contributed by atoms with Crippen molar-refractivity contribution in [1.29, 1.82) is 0 Å². The number of thioether (sulfide) groups is 1. The molecule has 9 heteroatoms. The van der Waals surface area contributed by atoms with Crippen LogP contribution in [0.5, 0.6) is 5.75 Å². The van der Waals surface area contributed by atoms with Gasteiger partial charge < -0.3 is 9.47 Å². The molecule has 1 aromatic rings. The quantitative estimate of drug-likeness (QED) is 0.296. The Hall–Kier alpha value is -0.820. The molecule has 6 nitrogen and oxygen atoms in total. The Bertz CT molecular complexity index is 740. The molecular weight excluding hydrogens is 572 g/mol. The summed E-state index contributed by atoms with van der Waals surface area (Å²) in [6.07, 6.45) is 1.34. The van der Waals surface area contributed by atoms with Gasteiger partial charge in [-0.1, -0.05) is 0 Å². The van der Waals surface area contributed by atoms with Gasteiger partial charge >= 0.3 is 5.97 Å². The van der Waals surface area contributed by atoms with Gasteiger partial charge in [0.2, 0.25) is 0 Å². The van der Waals surface area contributed by atoms with Gasteiger partial charge in [0, 0.05) is 0 Å². The van der Waals surface area contributed by atoms with Crippen molar-refractivity contribution in [2.45, 2.75) is 20.0 Å². The standard InChI is InChI=1S/C16H15I2NO5S/c1-8(2)24-13(20)7-19-15(21)12(25-16(19)22)6-9-4-10(17)14(23-3)11(18)5-9/h4-6,8H,7H2,1-3H3/b12-6+. The fourth-order valence-electron chi connectivity index (χ4n) is 2.07. The van der Waals surface area contributed by atoms with E-state index >= 15 is 0 Å². The van der Waals surface area contributed by atoms with E-state index in [1.54, 1.807) is 27.0 Å². The molecule has 0 atom stereocenters. The number of hydrogen-bond donors (Lipinski definition) is 0. The van der Waals surface area contributed by atoms with Crippen LogP contribution in [-0.4, -0.2) is 41.8 Å². The molecule has 1 saturated heterocycles. The Kier molecular flexibility index (Phi) is 7.14. The minimum atomic E-state index is -0.605. The Morgan fingerprint density at radius 2 is 1.88 bits per heavy atom. The van der Waals surface area contributed by atoms with E-state index in [1.807, 2.05) is 12.1 Å². The first-order valence-electron chi connectivity index (χ1n) is 7.20. The van der Waals surface area contributed by atoms with Crippen LogP contribution in [0.4, 0.5) is 4.79 Å². The Balaban J connectivity index is 2.21. The SMILES string of the molecule is COc1c(I)cc(/C=C2/SC(=O)N(CC(=O)OC(C)C)C2=O)cc1I. The molecule has 1 aliphatic heterocycles. The maximum atomic E-state index is 12.4. The first-order valence-corrected chi connectivity index (χ1v) is 10.2. The number of rotatable bonds is 5. The van der Waals surface area contributed by atoms with Crippen LogP contribution in [0.15, 0.2) is 17.0 Å². The van der Waals surface area contributed by atoms with E-state index in [9.17, 15) is 14.4 Å². The lowest BCUT2D eigenvalue weighted by Gasteiger charge is -2.13. The van der Waals surface area contributed by atoms with Gasteiger partial charge in [-0.15, -0.1) is 0 Å². The van der Waals surface area contributed by atoms with Gasteiger partial charge in [-0.2, -0.15) is 0 Å². The zero-order chi connectivity index (χ0) is 18.7. The summed E-state index contributed by atoms with van der Waals surface area (Å²) in [6, 6.07) is 3.73. The molecule has 1 heterocycles. The van der Waals surface area contributed by atoms with Crippen molar-refractivity contribution in [2.75, 3.05) is 13.7 Å². The summed E-state index contributed by atoms with van der Waals surface area (Å²) in [5, 5.41) is -0.477. The molecule has 1 fully saturated rings. The number of amides is 2. The second-order valence-corrected chi connectivity index (χ2v) is 8.64. The molecule has 0 N–H and O–H groups in total. The highest BCUT2D eigenvalue weighted by Gasteiger charge is 2.36. The van der Waals surface area contributed by atoms with Gasteiger partial charge in [-0.05, 0) is 94.6 Å². The monoisotopic (exact) mass is 587 g/mol. The zero-order valence-corrected chi connectivity index (χ0v) is 18.8. The van der Waals surface area contributed by atoms with Gasteiger partial charge in [-0.25, -0.2) is 0 Å². The highest BCUT2D eigenvalue weighted by molar-refractivity contribution is 14.1. The summed E-state index contributed by atoms with van der Waals surface area (Å²) >= 11 is 5.11. The highest BCUT2D eigenvalue weighted by Crippen LogP contribution is 2.34. The summed E-state index contributed by atoms with van der Waals surface area (Å²) in [7, 11) is 1.60. The number of methoxy groups -OCH3 is 1. The summed E-state index contributed by atoms with van der Waals surface area (Å²) in [4.78, 5) is 37.3. The van der Waals surface area contributed by atoms with Gasteiger partial charge in [0.1, 0.15) is 12.3 Å². The number of ether oxygens (including phenoxy) is 2. The van der Waals surface area contributed by atoms with Crippen LogP contribution >= 0.6 is 56.9 Å². The van der Waals surface area contributed by atoms with E-state index in [1.165, 1.54) is 0 Å². The summed E-state index contributed by atoms with van der Waals surface area (Å²) in [6.45, 7) is 3.04. The summed E-state index contributed by atoms with van der Waals surface area (Å²) in [5.41, 5.74) is 0.782. The van der Waals surface area contributed by atoms with Crippen LogP contribution in [0.25, 0.3) is 6.08 Å². The lowest BCUT2D eigenvalue weighted by atomic mass is 10.2. The number of halogens is 2. The molecule has 0 unspecified atom stereocenters. The van der Waals surface area contributed by atoms with Gasteiger partial charge in [0.05, 0.1) is 25.3 Å². The smallest absolute Gasteiger partial charge is 0.326 e. The maximum Gasteiger partial charge on any atom is 0.326 e. The fourth-order valence-corrected chi connectivity index (χ4v) is 5.17. The number of carbonyl (C=O) groups excluding carboxylic acids is 3.